The molecule has 1 unspecified atom stereocenters. The summed E-state index contributed by atoms with van der Waals surface area (Å²) in [4.78, 5) is 8.67. The van der Waals surface area contributed by atoms with E-state index >= 15 is 0 Å². The Morgan fingerprint density at radius 2 is 1.93 bits per heavy atom. The van der Waals surface area contributed by atoms with Gasteiger partial charge in [-0.3, -0.25) is 9.88 Å². The standard InChI is InChI=1S/C23H27N5S/c24-13-21-17(10-12-29-21)14-28(15-22-26-18-7-1-2-8-19(18)27-22)20-9-3-5-16-6-4-11-25-23(16)20/h1-2,4,6-8,10-12,20,22,26-27H,3,5,9,13-15,24H2. The molecule has 0 bridgehead atoms. The lowest BCUT2D eigenvalue weighted by Gasteiger charge is -2.36. The van der Waals surface area contributed by atoms with E-state index in [2.05, 4.69) is 63.4 Å². The molecule has 5 rings (SSSR count). The van der Waals surface area contributed by atoms with Gasteiger partial charge in [-0.15, -0.1) is 11.3 Å². The first kappa shape index (κ1) is 18.6. The molecule has 0 amide bonds. The Morgan fingerprint density at radius 3 is 2.72 bits per heavy atom. The van der Waals surface area contributed by atoms with Crippen molar-refractivity contribution in [3.05, 3.63) is 75.7 Å². The van der Waals surface area contributed by atoms with Crippen LogP contribution in [-0.4, -0.2) is 22.6 Å². The first-order chi connectivity index (χ1) is 14.3. The molecular formula is C23H27N5S. The number of nitrogens with one attached hydrogen (secondary N) is 2. The van der Waals surface area contributed by atoms with Gasteiger partial charge in [0.2, 0.25) is 0 Å². The van der Waals surface area contributed by atoms with Crippen molar-refractivity contribution in [3.63, 3.8) is 0 Å². The number of hydrogen-bond donors (Lipinski definition) is 3. The fraction of sp³-hybridized carbons (Fsp3) is 0.348. The second-order valence-corrected chi connectivity index (χ2v) is 8.85. The maximum absolute atomic E-state index is 6.00. The molecule has 0 radical (unpaired) electrons. The van der Waals surface area contributed by atoms with Crippen molar-refractivity contribution in [1.82, 2.24) is 9.88 Å². The van der Waals surface area contributed by atoms with Crippen LogP contribution in [0.5, 0.6) is 0 Å². The average molecular weight is 406 g/mol. The monoisotopic (exact) mass is 405 g/mol. The van der Waals surface area contributed by atoms with Crippen molar-refractivity contribution in [3.8, 4) is 0 Å². The summed E-state index contributed by atoms with van der Waals surface area (Å²) in [5.41, 5.74) is 12.3. The second-order valence-electron chi connectivity index (χ2n) is 7.85. The van der Waals surface area contributed by atoms with Crippen molar-refractivity contribution >= 4 is 22.7 Å². The molecule has 0 saturated heterocycles. The minimum Gasteiger partial charge on any atom is -0.363 e. The van der Waals surface area contributed by atoms with Crippen LogP contribution in [0.3, 0.4) is 0 Å². The number of nitrogens with two attached hydrogens (primary N) is 1. The van der Waals surface area contributed by atoms with Gasteiger partial charge in [-0.05, 0) is 60.0 Å². The Morgan fingerprint density at radius 1 is 1.10 bits per heavy atom. The van der Waals surface area contributed by atoms with E-state index in [0.29, 0.717) is 12.6 Å². The van der Waals surface area contributed by atoms with Gasteiger partial charge in [0.05, 0.1) is 23.1 Å². The highest BCUT2D eigenvalue weighted by Gasteiger charge is 2.31. The molecule has 3 heterocycles. The minimum absolute atomic E-state index is 0.182. The van der Waals surface area contributed by atoms with Crippen LogP contribution in [0.15, 0.2) is 54.0 Å². The van der Waals surface area contributed by atoms with Crippen molar-refractivity contribution in [2.24, 2.45) is 5.73 Å². The van der Waals surface area contributed by atoms with Gasteiger partial charge in [-0.1, -0.05) is 18.2 Å². The summed E-state index contributed by atoms with van der Waals surface area (Å²) in [5, 5.41) is 9.44. The highest BCUT2D eigenvalue weighted by molar-refractivity contribution is 7.10. The van der Waals surface area contributed by atoms with Crippen molar-refractivity contribution < 1.29 is 0 Å². The van der Waals surface area contributed by atoms with E-state index in [-0.39, 0.29) is 6.17 Å². The summed E-state index contributed by atoms with van der Waals surface area (Å²) < 4.78 is 0. The first-order valence-electron chi connectivity index (χ1n) is 10.4. The number of hydrogen-bond acceptors (Lipinski definition) is 6. The summed E-state index contributed by atoms with van der Waals surface area (Å²) in [5.74, 6) is 0. The molecule has 2 aromatic heterocycles. The van der Waals surface area contributed by atoms with Gasteiger partial charge >= 0.3 is 0 Å². The number of rotatable bonds is 6. The van der Waals surface area contributed by atoms with Crippen molar-refractivity contribution in [1.29, 1.82) is 0 Å². The zero-order chi connectivity index (χ0) is 19.6. The van der Waals surface area contributed by atoms with Gasteiger partial charge < -0.3 is 16.4 Å². The van der Waals surface area contributed by atoms with E-state index in [4.69, 9.17) is 10.7 Å². The van der Waals surface area contributed by atoms with E-state index in [1.165, 1.54) is 39.5 Å². The second kappa shape index (κ2) is 8.14. The molecule has 6 heteroatoms. The number of fused-ring (bicyclic) bond motifs is 2. The van der Waals surface area contributed by atoms with Crippen LogP contribution in [0.2, 0.25) is 0 Å². The third-order valence-corrected chi connectivity index (χ3v) is 6.99. The van der Waals surface area contributed by atoms with Crippen LogP contribution in [0.4, 0.5) is 11.4 Å². The van der Waals surface area contributed by atoms with Crippen LogP contribution in [-0.2, 0) is 19.5 Å². The molecule has 1 aliphatic heterocycles. The number of anilines is 2. The lowest BCUT2D eigenvalue weighted by Crippen LogP contribution is -2.41. The molecule has 29 heavy (non-hydrogen) atoms. The van der Waals surface area contributed by atoms with E-state index in [1.54, 1.807) is 11.3 Å². The lowest BCUT2D eigenvalue weighted by molar-refractivity contribution is 0.163. The normalized spacial score (nSPS) is 18.2. The molecule has 3 aromatic rings. The van der Waals surface area contributed by atoms with E-state index < -0.39 is 0 Å². The van der Waals surface area contributed by atoms with Crippen LogP contribution in [0, 0.1) is 0 Å². The molecule has 5 nitrogen and oxygen atoms in total. The summed E-state index contributed by atoms with van der Waals surface area (Å²) >= 11 is 1.76. The Balaban J connectivity index is 1.43. The number of nitrogens with zero attached hydrogens (tertiary/aromatic N) is 2. The molecule has 0 spiro atoms. The Kier molecular flexibility index (Phi) is 5.23. The molecule has 1 atom stereocenters. The largest absolute Gasteiger partial charge is 0.363 e. The topological polar surface area (TPSA) is 66.2 Å². The van der Waals surface area contributed by atoms with Crippen molar-refractivity contribution in [2.75, 3.05) is 17.2 Å². The van der Waals surface area contributed by atoms with Gasteiger partial charge in [0.1, 0.15) is 6.17 Å². The van der Waals surface area contributed by atoms with Crippen molar-refractivity contribution in [2.45, 2.75) is 44.6 Å². The maximum atomic E-state index is 6.00. The third kappa shape index (κ3) is 3.75. The molecule has 4 N–H and O–H groups in total. The fourth-order valence-corrected chi connectivity index (χ4v) is 5.40. The van der Waals surface area contributed by atoms with Gasteiger partial charge in [-0.2, -0.15) is 0 Å². The summed E-state index contributed by atoms with van der Waals surface area (Å²) in [6.45, 7) is 2.40. The molecule has 0 saturated carbocycles. The quantitative estimate of drug-likeness (QED) is 0.569. The maximum Gasteiger partial charge on any atom is 0.110 e. The first-order valence-corrected chi connectivity index (χ1v) is 11.2. The van der Waals surface area contributed by atoms with Crippen LogP contribution in [0.1, 0.15) is 40.6 Å². The molecule has 0 fully saturated rings. The Bertz CT molecular complexity index is 960. The zero-order valence-electron chi connectivity index (χ0n) is 16.5. The predicted molar refractivity (Wildman–Crippen MR) is 120 cm³/mol. The molecule has 1 aliphatic carbocycles. The predicted octanol–water partition coefficient (Wildman–Crippen LogP) is 4.35. The highest BCUT2D eigenvalue weighted by Crippen LogP contribution is 2.36. The van der Waals surface area contributed by atoms with Crippen LogP contribution < -0.4 is 16.4 Å². The smallest absolute Gasteiger partial charge is 0.110 e. The van der Waals surface area contributed by atoms with Crippen LogP contribution >= 0.6 is 11.3 Å². The van der Waals surface area contributed by atoms with Gasteiger partial charge in [-0.25, -0.2) is 0 Å². The number of aryl methyl sites for hydroxylation is 1. The fourth-order valence-electron chi connectivity index (χ4n) is 4.62. The average Bonchev–Trinajstić information content (AvgIpc) is 3.38. The zero-order valence-corrected chi connectivity index (χ0v) is 17.3. The molecule has 150 valence electrons. The summed E-state index contributed by atoms with van der Waals surface area (Å²) in [7, 11) is 0. The van der Waals surface area contributed by atoms with Gasteiger partial charge in [0, 0.05) is 30.7 Å². The SMILES string of the molecule is NCc1sccc1CN(CC1Nc2ccccc2N1)C1CCCc2cccnc21. The highest BCUT2D eigenvalue weighted by atomic mass is 32.1. The lowest BCUT2D eigenvalue weighted by atomic mass is 9.90. The molecule has 1 aromatic carbocycles. The summed E-state index contributed by atoms with van der Waals surface area (Å²) in [6, 6.07) is 15.3. The molecule has 2 aliphatic rings. The molecular weight excluding hydrogens is 378 g/mol. The van der Waals surface area contributed by atoms with E-state index in [9.17, 15) is 0 Å². The van der Waals surface area contributed by atoms with E-state index in [1.807, 2.05) is 6.20 Å². The van der Waals surface area contributed by atoms with E-state index in [0.717, 1.165) is 25.9 Å². The number of aromatic nitrogens is 1. The Labute approximate surface area is 176 Å². The van der Waals surface area contributed by atoms with Gasteiger partial charge in [0.15, 0.2) is 0 Å². The minimum atomic E-state index is 0.182. The number of thiophene rings is 1. The number of para-hydroxylation sites is 2. The Hall–Kier alpha value is -2.41. The van der Waals surface area contributed by atoms with Crippen LogP contribution in [0.25, 0.3) is 0 Å². The number of pyridine rings is 1. The number of benzene rings is 1. The van der Waals surface area contributed by atoms with Gasteiger partial charge in [0.25, 0.3) is 0 Å². The summed E-state index contributed by atoms with van der Waals surface area (Å²) in [6.07, 6.45) is 5.60. The third-order valence-electron chi connectivity index (χ3n) is 6.01.